The molecule has 0 unspecified atom stereocenters. The van der Waals surface area contributed by atoms with Gasteiger partial charge in [0.15, 0.2) is 0 Å². The molecule has 1 aromatic rings. The third kappa shape index (κ3) is 4.12. The first-order chi connectivity index (χ1) is 10.9. The molecule has 1 fully saturated rings. The number of carbonyl (C=O) groups is 3. The van der Waals surface area contributed by atoms with Crippen LogP contribution in [0.5, 0.6) is 0 Å². The van der Waals surface area contributed by atoms with Crippen molar-refractivity contribution in [1.29, 1.82) is 0 Å². The number of likely N-dealkylation sites (tertiary alicyclic amines) is 1. The van der Waals surface area contributed by atoms with Gasteiger partial charge in [-0.1, -0.05) is 6.92 Å². The second-order valence-corrected chi connectivity index (χ2v) is 6.06. The van der Waals surface area contributed by atoms with Crippen molar-refractivity contribution < 1.29 is 23.9 Å². The van der Waals surface area contributed by atoms with Gasteiger partial charge >= 0.3 is 5.97 Å². The number of piperidine rings is 1. The van der Waals surface area contributed by atoms with Crippen LogP contribution in [0, 0.1) is 11.8 Å². The Bertz CT molecular complexity index is 569. The van der Waals surface area contributed by atoms with Crippen molar-refractivity contribution in [1.82, 2.24) is 9.80 Å². The van der Waals surface area contributed by atoms with Crippen LogP contribution < -0.4 is 0 Å². The van der Waals surface area contributed by atoms with Crippen LogP contribution in [0.2, 0.25) is 0 Å². The molecule has 1 aliphatic rings. The van der Waals surface area contributed by atoms with Crippen LogP contribution in [0.15, 0.2) is 23.0 Å². The average molecular weight is 322 g/mol. The first-order valence-corrected chi connectivity index (χ1v) is 7.69. The number of furan rings is 1. The van der Waals surface area contributed by atoms with Gasteiger partial charge in [-0.25, -0.2) is 0 Å². The fourth-order valence-electron chi connectivity index (χ4n) is 2.82. The van der Waals surface area contributed by atoms with E-state index in [0.29, 0.717) is 25.1 Å². The van der Waals surface area contributed by atoms with Crippen molar-refractivity contribution in [2.75, 3.05) is 26.7 Å². The Morgan fingerprint density at radius 3 is 2.83 bits per heavy atom. The summed E-state index contributed by atoms with van der Waals surface area (Å²) in [7, 11) is 1.61. The molecule has 7 nitrogen and oxygen atoms in total. The summed E-state index contributed by atoms with van der Waals surface area (Å²) in [6, 6.07) is 1.61. The number of amides is 2. The third-order valence-electron chi connectivity index (χ3n) is 4.17. The van der Waals surface area contributed by atoms with Gasteiger partial charge in [-0.15, -0.1) is 0 Å². The lowest BCUT2D eigenvalue weighted by Crippen LogP contribution is -2.46. The molecule has 7 heteroatoms. The highest BCUT2D eigenvalue weighted by molar-refractivity contribution is 5.94. The number of carbonyl (C=O) groups excluding carboxylic acids is 2. The molecule has 23 heavy (non-hydrogen) atoms. The Morgan fingerprint density at radius 2 is 2.22 bits per heavy atom. The highest BCUT2D eigenvalue weighted by atomic mass is 16.4. The molecule has 0 radical (unpaired) electrons. The molecule has 2 atom stereocenters. The van der Waals surface area contributed by atoms with Crippen molar-refractivity contribution in [2.45, 2.75) is 19.8 Å². The van der Waals surface area contributed by atoms with Gasteiger partial charge in [0, 0.05) is 26.7 Å². The zero-order valence-electron chi connectivity index (χ0n) is 13.4. The molecular weight excluding hydrogens is 300 g/mol. The summed E-state index contributed by atoms with van der Waals surface area (Å²) in [6.07, 6.45) is 4.30. The van der Waals surface area contributed by atoms with Crippen molar-refractivity contribution in [3.05, 3.63) is 24.2 Å². The summed E-state index contributed by atoms with van der Waals surface area (Å²) >= 11 is 0. The molecule has 1 aliphatic heterocycles. The number of carboxylic acid groups (broad SMARTS) is 1. The zero-order valence-corrected chi connectivity index (χ0v) is 13.4. The molecule has 0 saturated carbocycles. The van der Waals surface area contributed by atoms with Gasteiger partial charge in [-0.2, -0.15) is 0 Å². The van der Waals surface area contributed by atoms with Gasteiger partial charge in [0.1, 0.15) is 6.26 Å². The summed E-state index contributed by atoms with van der Waals surface area (Å²) in [6.45, 7) is 2.71. The van der Waals surface area contributed by atoms with Crippen LogP contribution in [0.25, 0.3) is 0 Å². The number of rotatable bonds is 5. The molecule has 0 aromatic carbocycles. The fraction of sp³-hybridized carbons (Fsp3) is 0.562. The minimum absolute atomic E-state index is 0.109. The quantitative estimate of drug-likeness (QED) is 0.882. The number of nitrogens with zero attached hydrogens (tertiary/aromatic N) is 2. The van der Waals surface area contributed by atoms with E-state index in [-0.39, 0.29) is 24.3 Å². The van der Waals surface area contributed by atoms with E-state index in [9.17, 15) is 14.4 Å². The topological polar surface area (TPSA) is 91.1 Å². The lowest BCUT2D eigenvalue weighted by atomic mass is 9.95. The second-order valence-electron chi connectivity index (χ2n) is 6.06. The van der Waals surface area contributed by atoms with Crippen molar-refractivity contribution in [3.63, 3.8) is 0 Å². The van der Waals surface area contributed by atoms with Crippen LogP contribution in [0.4, 0.5) is 0 Å². The first kappa shape index (κ1) is 17.1. The maximum atomic E-state index is 12.5. The van der Waals surface area contributed by atoms with Gasteiger partial charge in [-0.05, 0) is 18.9 Å². The number of aliphatic carboxylic acids is 1. The lowest BCUT2D eigenvalue weighted by molar-refractivity contribution is -0.143. The van der Waals surface area contributed by atoms with Crippen molar-refractivity contribution >= 4 is 17.8 Å². The Labute approximate surface area is 134 Å². The molecule has 1 aromatic heterocycles. The summed E-state index contributed by atoms with van der Waals surface area (Å²) in [5, 5.41) is 8.94. The van der Waals surface area contributed by atoms with E-state index < -0.39 is 11.9 Å². The minimum Gasteiger partial charge on any atom is -0.481 e. The summed E-state index contributed by atoms with van der Waals surface area (Å²) in [5.41, 5.74) is 0.478. The van der Waals surface area contributed by atoms with Gasteiger partial charge in [0.05, 0.1) is 23.7 Å². The molecule has 0 bridgehead atoms. The molecule has 126 valence electrons. The molecule has 1 saturated heterocycles. The van der Waals surface area contributed by atoms with Crippen LogP contribution in [-0.4, -0.2) is 59.4 Å². The predicted octanol–water partition coefficient (Wildman–Crippen LogP) is 1.31. The van der Waals surface area contributed by atoms with Crippen LogP contribution in [0.1, 0.15) is 30.1 Å². The van der Waals surface area contributed by atoms with E-state index in [1.807, 2.05) is 0 Å². The lowest BCUT2D eigenvalue weighted by Gasteiger charge is -2.34. The molecule has 0 aliphatic carbocycles. The van der Waals surface area contributed by atoms with Crippen LogP contribution in [-0.2, 0) is 9.59 Å². The maximum absolute atomic E-state index is 12.5. The molecule has 0 spiro atoms. The highest BCUT2D eigenvalue weighted by Gasteiger charge is 2.31. The molecule has 2 rings (SSSR count). The van der Waals surface area contributed by atoms with Crippen molar-refractivity contribution in [3.8, 4) is 0 Å². The Morgan fingerprint density at radius 1 is 1.48 bits per heavy atom. The zero-order chi connectivity index (χ0) is 17.0. The van der Waals surface area contributed by atoms with E-state index >= 15 is 0 Å². The monoisotopic (exact) mass is 322 g/mol. The smallest absolute Gasteiger partial charge is 0.308 e. The maximum Gasteiger partial charge on any atom is 0.308 e. The Kier molecular flexibility index (Phi) is 5.41. The van der Waals surface area contributed by atoms with Gasteiger partial charge < -0.3 is 19.3 Å². The molecule has 1 N–H and O–H groups in total. The largest absolute Gasteiger partial charge is 0.481 e. The van der Waals surface area contributed by atoms with E-state index in [1.165, 1.54) is 17.4 Å². The molecule has 2 heterocycles. The van der Waals surface area contributed by atoms with Crippen molar-refractivity contribution in [2.24, 2.45) is 11.8 Å². The fourth-order valence-corrected chi connectivity index (χ4v) is 2.82. The minimum atomic E-state index is -0.926. The van der Waals surface area contributed by atoms with E-state index in [1.54, 1.807) is 24.9 Å². The van der Waals surface area contributed by atoms with Gasteiger partial charge in [0.2, 0.25) is 5.91 Å². The van der Waals surface area contributed by atoms with Crippen LogP contribution >= 0.6 is 0 Å². The molecular formula is C16H22N2O5. The Hall–Kier alpha value is -2.31. The normalized spacial score (nSPS) is 19.2. The summed E-state index contributed by atoms with van der Waals surface area (Å²) in [4.78, 5) is 38.8. The van der Waals surface area contributed by atoms with Gasteiger partial charge in [0.25, 0.3) is 5.91 Å². The van der Waals surface area contributed by atoms with E-state index in [4.69, 9.17) is 9.52 Å². The van der Waals surface area contributed by atoms with Crippen LogP contribution in [0.3, 0.4) is 0 Å². The van der Waals surface area contributed by atoms with E-state index in [0.717, 1.165) is 6.42 Å². The Balaban J connectivity index is 1.96. The average Bonchev–Trinajstić information content (AvgIpc) is 3.07. The number of hydrogen-bond acceptors (Lipinski definition) is 4. The number of carboxylic acids is 1. The second kappa shape index (κ2) is 7.30. The van der Waals surface area contributed by atoms with E-state index in [2.05, 4.69) is 0 Å². The SMILES string of the molecule is C[C@@H](CN(C)C(=O)[C@@H]1CCCN(C(=O)c2ccoc2)C1)C(=O)O. The standard InChI is InChI=1S/C16H22N2O5/c1-11(16(21)22)8-17(2)14(19)12-4-3-6-18(9-12)15(20)13-5-7-23-10-13/h5,7,10-12H,3-4,6,8-9H2,1-2H3,(H,21,22)/t11-,12+/m0/s1. The third-order valence-corrected chi connectivity index (χ3v) is 4.17. The summed E-state index contributed by atoms with van der Waals surface area (Å²) in [5.74, 6) is -2.08. The highest BCUT2D eigenvalue weighted by Crippen LogP contribution is 2.21. The summed E-state index contributed by atoms with van der Waals surface area (Å²) < 4.78 is 4.93. The number of hydrogen-bond donors (Lipinski definition) is 1. The molecule has 2 amide bonds. The van der Waals surface area contributed by atoms with Gasteiger partial charge in [-0.3, -0.25) is 14.4 Å². The predicted molar refractivity (Wildman–Crippen MR) is 81.8 cm³/mol. The first-order valence-electron chi connectivity index (χ1n) is 7.69.